The topological polar surface area (TPSA) is 38.0 Å². The molecule has 0 radical (unpaired) electrons. The molecule has 1 heterocycles. The molecule has 11 heavy (non-hydrogen) atoms. The molecule has 0 atom stereocenters. The van der Waals surface area contributed by atoms with Crippen molar-refractivity contribution in [3.05, 3.63) is 12.7 Å². The van der Waals surface area contributed by atoms with E-state index in [0.29, 0.717) is 0 Å². The summed E-state index contributed by atoms with van der Waals surface area (Å²) in [5, 5.41) is 3.34. The van der Waals surface area contributed by atoms with Crippen LogP contribution in [0.25, 0.3) is 0 Å². The van der Waals surface area contributed by atoms with Gasteiger partial charge in [-0.25, -0.2) is 0 Å². The molecule has 2 heteroatoms. The minimum atomic E-state index is 0.920. The number of nitrogens with two attached hydrogens (primary N) is 1. The van der Waals surface area contributed by atoms with Crippen molar-refractivity contribution < 1.29 is 0 Å². The second kappa shape index (κ2) is 7.76. The van der Waals surface area contributed by atoms with Gasteiger partial charge in [0, 0.05) is 0 Å². The SMILES string of the molecule is C=CCC1CCNCC1.CN. The standard InChI is InChI=1S/C8H15N.CH5N/c1-2-3-8-4-6-9-7-5-8;1-2/h2,8-9H,1,3-7H2;2H2,1H3. The molecule has 0 aromatic rings. The van der Waals surface area contributed by atoms with E-state index in [1.807, 2.05) is 6.08 Å². The van der Waals surface area contributed by atoms with E-state index in [0.717, 1.165) is 5.92 Å². The lowest BCUT2D eigenvalue weighted by Gasteiger charge is -2.20. The van der Waals surface area contributed by atoms with Crippen molar-refractivity contribution in [1.29, 1.82) is 0 Å². The number of nitrogens with one attached hydrogen (secondary N) is 1. The van der Waals surface area contributed by atoms with E-state index in [1.165, 1.54) is 39.4 Å². The molecular formula is C9H20N2. The Hall–Kier alpha value is -0.340. The van der Waals surface area contributed by atoms with Gasteiger partial charge in [-0.15, -0.1) is 6.58 Å². The van der Waals surface area contributed by atoms with Crippen LogP contribution in [-0.4, -0.2) is 20.1 Å². The highest BCUT2D eigenvalue weighted by Crippen LogP contribution is 2.15. The maximum absolute atomic E-state index is 4.50. The number of allylic oxidation sites excluding steroid dienone is 1. The molecule has 1 saturated heterocycles. The van der Waals surface area contributed by atoms with Gasteiger partial charge in [-0.3, -0.25) is 0 Å². The predicted octanol–water partition coefficient (Wildman–Crippen LogP) is 1.14. The van der Waals surface area contributed by atoms with Gasteiger partial charge in [0.2, 0.25) is 0 Å². The summed E-state index contributed by atoms with van der Waals surface area (Å²) < 4.78 is 0. The van der Waals surface area contributed by atoms with Crippen LogP contribution in [0, 0.1) is 5.92 Å². The van der Waals surface area contributed by atoms with E-state index >= 15 is 0 Å². The first-order chi connectivity index (χ1) is 5.43. The van der Waals surface area contributed by atoms with Gasteiger partial charge < -0.3 is 11.1 Å². The summed E-state index contributed by atoms with van der Waals surface area (Å²) >= 11 is 0. The Bertz CT molecular complexity index is 85.6. The molecule has 66 valence electrons. The highest BCUT2D eigenvalue weighted by molar-refractivity contribution is 4.76. The van der Waals surface area contributed by atoms with Crippen molar-refractivity contribution in [2.24, 2.45) is 11.7 Å². The second-order valence-electron chi connectivity index (χ2n) is 2.72. The van der Waals surface area contributed by atoms with E-state index in [9.17, 15) is 0 Å². The van der Waals surface area contributed by atoms with E-state index in [2.05, 4.69) is 17.6 Å². The normalized spacial score (nSPS) is 18.4. The summed E-state index contributed by atoms with van der Waals surface area (Å²) in [5.74, 6) is 0.920. The first-order valence-electron chi connectivity index (χ1n) is 4.33. The molecule has 1 aliphatic rings. The summed E-state index contributed by atoms with van der Waals surface area (Å²) in [4.78, 5) is 0. The smallest absolute Gasteiger partial charge is 0.00462 e. The lowest BCUT2D eigenvalue weighted by molar-refractivity contribution is 0.378. The Morgan fingerprint density at radius 2 is 2.00 bits per heavy atom. The van der Waals surface area contributed by atoms with Crippen molar-refractivity contribution >= 4 is 0 Å². The van der Waals surface area contributed by atoms with Gasteiger partial charge in [0.25, 0.3) is 0 Å². The zero-order valence-corrected chi connectivity index (χ0v) is 7.47. The molecule has 0 saturated carbocycles. The van der Waals surface area contributed by atoms with Crippen LogP contribution in [0.2, 0.25) is 0 Å². The van der Waals surface area contributed by atoms with Crippen molar-refractivity contribution in [1.82, 2.24) is 5.32 Å². The van der Waals surface area contributed by atoms with Crippen LogP contribution in [0.4, 0.5) is 0 Å². The Balaban J connectivity index is 0.000000461. The zero-order chi connectivity index (χ0) is 8.53. The largest absolute Gasteiger partial charge is 0.333 e. The molecule has 3 N–H and O–H groups in total. The van der Waals surface area contributed by atoms with Crippen molar-refractivity contribution in [2.45, 2.75) is 19.3 Å². The second-order valence-corrected chi connectivity index (χ2v) is 2.72. The van der Waals surface area contributed by atoms with Crippen LogP contribution in [0.15, 0.2) is 12.7 Å². The fraction of sp³-hybridized carbons (Fsp3) is 0.778. The lowest BCUT2D eigenvalue weighted by atomic mass is 9.95. The third-order valence-electron chi connectivity index (χ3n) is 1.96. The first-order valence-corrected chi connectivity index (χ1v) is 4.33. The van der Waals surface area contributed by atoms with Crippen LogP contribution >= 0.6 is 0 Å². The first kappa shape index (κ1) is 10.7. The minimum Gasteiger partial charge on any atom is -0.333 e. The van der Waals surface area contributed by atoms with Crippen LogP contribution in [-0.2, 0) is 0 Å². The van der Waals surface area contributed by atoms with Crippen molar-refractivity contribution in [3.8, 4) is 0 Å². The van der Waals surface area contributed by atoms with Gasteiger partial charge in [-0.2, -0.15) is 0 Å². The van der Waals surface area contributed by atoms with Crippen LogP contribution < -0.4 is 11.1 Å². The molecule has 2 nitrogen and oxygen atoms in total. The van der Waals surface area contributed by atoms with Gasteiger partial charge in [-0.05, 0) is 45.3 Å². The van der Waals surface area contributed by atoms with E-state index in [-0.39, 0.29) is 0 Å². The summed E-state index contributed by atoms with van der Waals surface area (Å²) in [5.41, 5.74) is 4.50. The van der Waals surface area contributed by atoms with Gasteiger partial charge in [0.15, 0.2) is 0 Å². The molecule has 0 bridgehead atoms. The molecule has 0 spiro atoms. The van der Waals surface area contributed by atoms with Gasteiger partial charge in [-0.1, -0.05) is 6.08 Å². The average molecular weight is 156 g/mol. The minimum absolute atomic E-state index is 0.920. The molecular weight excluding hydrogens is 136 g/mol. The van der Waals surface area contributed by atoms with Crippen LogP contribution in [0.1, 0.15) is 19.3 Å². The van der Waals surface area contributed by atoms with Crippen LogP contribution in [0.5, 0.6) is 0 Å². The van der Waals surface area contributed by atoms with Gasteiger partial charge in [0.05, 0.1) is 0 Å². The van der Waals surface area contributed by atoms with E-state index in [1.54, 1.807) is 0 Å². The number of rotatable bonds is 2. The molecule has 0 unspecified atom stereocenters. The lowest BCUT2D eigenvalue weighted by Crippen LogP contribution is -2.27. The predicted molar refractivity (Wildman–Crippen MR) is 50.5 cm³/mol. The monoisotopic (exact) mass is 156 g/mol. The summed E-state index contributed by atoms with van der Waals surface area (Å²) in [6.07, 6.45) is 5.93. The average Bonchev–Trinajstić information content (AvgIpc) is 2.11. The van der Waals surface area contributed by atoms with Crippen molar-refractivity contribution in [2.75, 3.05) is 20.1 Å². The fourth-order valence-corrected chi connectivity index (χ4v) is 1.35. The van der Waals surface area contributed by atoms with E-state index < -0.39 is 0 Å². The highest BCUT2D eigenvalue weighted by atomic mass is 14.9. The Morgan fingerprint density at radius 3 is 2.45 bits per heavy atom. The van der Waals surface area contributed by atoms with Gasteiger partial charge >= 0.3 is 0 Å². The third kappa shape index (κ3) is 4.99. The van der Waals surface area contributed by atoms with Crippen molar-refractivity contribution in [3.63, 3.8) is 0 Å². The molecule has 1 fully saturated rings. The molecule has 0 amide bonds. The number of piperidine rings is 1. The van der Waals surface area contributed by atoms with E-state index in [4.69, 9.17) is 0 Å². The zero-order valence-electron chi connectivity index (χ0n) is 7.47. The highest BCUT2D eigenvalue weighted by Gasteiger charge is 2.09. The number of hydrogen-bond acceptors (Lipinski definition) is 2. The third-order valence-corrected chi connectivity index (χ3v) is 1.96. The number of hydrogen-bond donors (Lipinski definition) is 2. The molecule has 0 aromatic heterocycles. The van der Waals surface area contributed by atoms with Gasteiger partial charge in [0.1, 0.15) is 0 Å². The quantitative estimate of drug-likeness (QED) is 0.588. The molecule has 1 rings (SSSR count). The maximum Gasteiger partial charge on any atom is -0.00462 e. The fourth-order valence-electron chi connectivity index (χ4n) is 1.35. The van der Waals surface area contributed by atoms with Crippen LogP contribution in [0.3, 0.4) is 0 Å². The summed E-state index contributed by atoms with van der Waals surface area (Å²) in [7, 11) is 1.50. The summed E-state index contributed by atoms with van der Waals surface area (Å²) in [6, 6.07) is 0. The molecule has 0 aromatic carbocycles. The Morgan fingerprint density at radius 1 is 1.45 bits per heavy atom. The Labute approximate surface area is 69.9 Å². The summed E-state index contributed by atoms with van der Waals surface area (Å²) in [6.45, 7) is 6.15. The Kier molecular flexibility index (Phi) is 7.52. The molecule has 0 aliphatic carbocycles. The maximum atomic E-state index is 4.50. The molecule has 1 aliphatic heterocycles.